The molecule has 33 heavy (non-hydrogen) atoms. The van der Waals surface area contributed by atoms with Gasteiger partial charge in [0, 0.05) is 23.6 Å². The number of hydrogen-bond acceptors (Lipinski definition) is 6. The normalized spacial score (nSPS) is 10.8. The number of carbonyl (C=O) groups excluding carboxylic acids is 1. The number of para-hydroxylation sites is 1. The van der Waals surface area contributed by atoms with E-state index in [9.17, 15) is 14.9 Å². The second-order valence-corrected chi connectivity index (χ2v) is 7.89. The molecule has 0 aliphatic rings. The van der Waals surface area contributed by atoms with E-state index in [0.29, 0.717) is 51.2 Å². The van der Waals surface area contributed by atoms with Gasteiger partial charge in [-0.05, 0) is 42.8 Å². The molecule has 0 saturated heterocycles. The number of ether oxygens (including phenoxy) is 1. The second kappa shape index (κ2) is 9.89. The molecule has 1 heterocycles. The van der Waals surface area contributed by atoms with Gasteiger partial charge >= 0.3 is 0 Å². The molecule has 0 aliphatic carbocycles. The predicted molar refractivity (Wildman–Crippen MR) is 126 cm³/mol. The van der Waals surface area contributed by atoms with Gasteiger partial charge in [0.15, 0.2) is 5.58 Å². The zero-order chi connectivity index (χ0) is 23.4. The Hall–Kier alpha value is -3.62. The topological polar surface area (TPSA) is 108 Å². The summed E-state index contributed by atoms with van der Waals surface area (Å²) < 4.78 is 11.4. The zero-order valence-corrected chi connectivity index (χ0v) is 18.6. The fourth-order valence-electron chi connectivity index (χ4n) is 3.14. The Morgan fingerprint density at radius 3 is 2.73 bits per heavy atom. The molecular weight excluding hydrogens is 469 g/mol. The minimum atomic E-state index is -0.493. The Morgan fingerprint density at radius 1 is 1.12 bits per heavy atom. The average Bonchev–Trinajstić information content (AvgIpc) is 3.21. The second-order valence-electron chi connectivity index (χ2n) is 7.05. The van der Waals surface area contributed by atoms with E-state index in [0.717, 1.165) is 0 Å². The highest BCUT2D eigenvalue weighted by Gasteiger charge is 2.16. The summed E-state index contributed by atoms with van der Waals surface area (Å²) in [5, 5.41) is 14.8. The lowest BCUT2D eigenvalue weighted by molar-refractivity contribution is -0.384. The molecule has 0 bridgehead atoms. The van der Waals surface area contributed by atoms with Crippen LogP contribution < -0.4 is 10.1 Å². The predicted octanol–water partition coefficient (Wildman–Crippen LogP) is 6.51. The first-order valence-electron chi connectivity index (χ1n) is 9.93. The molecule has 168 valence electrons. The van der Waals surface area contributed by atoms with Crippen LogP contribution in [0.2, 0.25) is 10.0 Å². The van der Waals surface area contributed by atoms with E-state index < -0.39 is 4.92 Å². The standard InChI is InChI=1S/C23H17Cl2N3O5/c24-14-7-9-20(17(25)12-14)32-11-3-6-22(29)26-18-5-2-1-4-16(18)23-27-19-13-15(28(30)31)8-10-21(19)33-23/h1-2,4-5,7-10,12-13H,3,6,11H2,(H,26,29). The number of carbonyl (C=O) groups is 1. The minimum absolute atomic E-state index is 0.0777. The van der Waals surface area contributed by atoms with Crippen LogP contribution in [0.5, 0.6) is 5.75 Å². The first kappa shape index (κ1) is 22.6. The molecule has 0 saturated carbocycles. The van der Waals surface area contributed by atoms with Crippen molar-refractivity contribution < 1.29 is 18.9 Å². The molecule has 1 aromatic heterocycles. The number of nitrogens with zero attached hydrogens (tertiary/aromatic N) is 2. The van der Waals surface area contributed by atoms with Gasteiger partial charge in [-0.25, -0.2) is 4.98 Å². The lowest BCUT2D eigenvalue weighted by Gasteiger charge is -2.10. The van der Waals surface area contributed by atoms with Gasteiger partial charge in [-0.2, -0.15) is 0 Å². The largest absolute Gasteiger partial charge is 0.492 e. The maximum absolute atomic E-state index is 12.5. The number of anilines is 1. The first-order valence-corrected chi connectivity index (χ1v) is 10.7. The first-order chi connectivity index (χ1) is 15.9. The Balaban J connectivity index is 1.40. The zero-order valence-electron chi connectivity index (χ0n) is 17.1. The van der Waals surface area contributed by atoms with Crippen LogP contribution in [-0.4, -0.2) is 22.4 Å². The summed E-state index contributed by atoms with van der Waals surface area (Å²) >= 11 is 11.9. The van der Waals surface area contributed by atoms with Gasteiger partial charge in [-0.1, -0.05) is 35.3 Å². The number of nitro benzene ring substituents is 1. The highest BCUT2D eigenvalue weighted by atomic mass is 35.5. The van der Waals surface area contributed by atoms with Gasteiger partial charge in [0.1, 0.15) is 11.3 Å². The highest BCUT2D eigenvalue weighted by molar-refractivity contribution is 6.35. The van der Waals surface area contributed by atoms with Gasteiger partial charge < -0.3 is 14.5 Å². The quantitative estimate of drug-likeness (QED) is 0.173. The Morgan fingerprint density at radius 2 is 1.94 bits per heavy atom. The van der Waals surface area contributed by atoms with Crippen molar-refractivity contribution in [1.29, 1.82) is 0 Å². The summed E-state index contributed by atoms with van der Waals surface area (Å²) in [5.74, 6) is 0.546. The molecule has 0 unspecified atom stereocenters. The van der Waals surface area contributed by atoms with Crippen LogP contribution in [0, 0.1) is 10.1 Å². The maximum Gasteiger partial charge on any atom is 0.271 e. The summed E-state index contributed by atoms with van der Waals surface area (Å²) in [7, 11) is 0. The molecule has 4 rings (SSSR count). The molecule has 0 radical (unpaired) electrons. The summed E-state index contributed by atoms with van der Waals surface area (Å²) in [6.45, 7) is 0.306. The molecule has 1 amide bonds. The number of nitrogens with one attached hydrogen (secondary N) is 1. The number of non-ortho nitro benzene ring substituents is 1. The molecule has 3 aromatic carbocycles. The van der Waals surface area contributed by atoms with E-state index in [1.165, 1.54) is 18.2 Å². The molecule has 8 nitrogen and oxygen atoms in total. The van der Waals surface area contributed by atoms with Gasteiger partial charge in [-0.3, -0.25) is 14.9 Å². The summed E-state index contributed by atoms with van der Waals surface area (Å²) in [6, 6.07) is 16.2. The third-order valence-electron chi connectivity index (χ3n) is 4.71. The SMILES string of the molecule is O=C(CCCOc1ccc(Cl)cc1Cl)Nc1ccccc1-c1nc2cc([N+](=O)[O-])ccc2o1. The van der Waals surface area contributed by atoms with Crippen LogP contribution >= 0.6 is 23.2 Å². The van der Waals surface area contributed by atoms with Crippen molar-refractivity contribution in [2.24, 2.45) is 0 Å². The molecular formula is C23H17Cl2N3O5. The Bertz CT molecular complexity index is 1340. The maximum atomic E-state index is 12.5. The Labute approximate surface area is 198 Å². The van der Waals surface area contributed by atoms with Crippen LogP contribution in [0.3, 0.4) is 0 Å². The van der Waals surface area contributed by atoms with Crippen molar-refractivity contribution in [3.05, 3.63) is 80.8 Å². The van der Waals surface area contributed by atoms with Crippen LogP contribution in [-0.2, 0) is 4.79 Å². The number of oxazole rings is 1. The van der Waals surface area contributed by atoms with Gasteiger partial charge in [0.25, 0.3) is 5.69 Å². The lowest BCUT2D eigenvalue weighted by atomic mass is 10.1. The molecule has 4 aromatic rings. The fraction of sp³-hybridized carbons (Fsp3) is 0.130. The van der Waals surface area contributed by atoms with Crippen molar-refractivity contribution in [2.75, 3.05) is 11.9 Å². The molecule has 0 fully saturated rings. The molecule has 1 N–H and O–H groups in total. The van der Waals surface area contributed by atoms with E-state index in [-0.39, 0.29) is 23.9 Å². The molecule has 0 atom stereocenters. The lowest BCUT2D eigenvalue weighted by Crippen LogP contribution is -2.13. The van der Waals surface area contributed by atoms with Crippen LogP contribution in [0.4, 0.5) is 11.4 Å². The number of nitro groups is 1. The van der Waals surface area contributed by atoms with Crippen molar-refractivity contribution in [3.63, 3.8) is 0 Å². The van der Waals surface area contributed by atoms with Crippen molar-refractivity contribution >= 4 is 51.6 Å². The number of aromatic nitrogens is 1. The monoisotopic (exact) mass is 485 g/mol. The highest BCUT2D eigenvalue weighted by Crippen LogP contribution is 2.32. The third kappa shape index (κ3) is 5.42. The number of rotatable bonds is 8. The van der Waals surface area contributed by atoms with Gasteiger partial charge in [-0.15, -0.1) is 0 Å². The minimum Gasteiger partial charge on any atom is -0.492 e. The van der Waals surface area contributed by atoms with E-state index in [1.807, 2.05) is 0 Å². The Kier molecular flexibility index (Phi) is 6.76. The van der Waals surface area contributed by atoms with Crippen molar-refractivity contribution in [1.82, 2.24) is 4.98 Å². The molecule has 0 spiro atoms. The van der Waals surface area contributed by atoms with E-state index in [2.05, 4.69) is 10.3 Å². The van der Waals surface area contributed by atoms with E-state index >= 15 is 0 Å². The van der Waals surface area contributed by atoms with Crippen molar-refractivity contribution in [3.8, 4) is 17.2 Å². The number of fused-ring (bicyclic) bond motifs is 1. The smallest absolute Gasteiger partial charge is 0.271 e. The van der Waals surface area contributed by atoms with Crippen molar-refractivity contribution in [2.45, 2.75) is 12.8 Å². The van der Waals surface area contributed by atoms with E-state index in [1.54, 1.807) is 42.5 Å². The third-order valence-corrected chi connectivity index (χ3v) is 5.24. The number of halogens is 2. The van der Waals surface area contributed by atoms with Gasteiger partial charge in [0.2, 0.25) is 11.8 Å². The average molecular weight is 486 g/mol. The van der Waals surface area contributed by atoms with Crippen LogP contribution in [0.25, 0.3) is 22.6 Å². The summed E-state index contributed by atoms with van der Waals surface area (Å²) in [5.41, 5.74) is 1.78. The number of amides is 1. The number of hydrogen-bond donors (Lipinski definition) is 1. The fourth-order valence-corrected chi connectivity index (χ4v) is 3.61. The number of benzene rings is 3. The molecule has 0 aliphatic heterocycles. The van der Waals surface area contributed by atoms with Crippen LogP contribution in [0.1, 0.15) is 12.8 Å². The summed E-state index contributed by atoms with van der Waals surface area (Å²) in [6.07, 6.45) is 0.693. The summed E-state index contributed by atoms with van der Waals surface area (Å²) in [4.78, 5) is 27.3. The van der Waals surface area contributed by atoms with Crippen LogP contribution in [0.15, 0.2) is 65.1 Å². The van der Waals surface area contributed by atoms with Gasteiger partial charge in [0.05, 0.1) is 27.8 Å². The molecule has 10 heteroatoms. The van der Waals surface area contributed by atoms with E-state index in [4.69, 9.17) is 32.4 Å².